The molecule has 0 radical (unpaired) electrons. The number of ketones is 1. The molecule has 4 aromatic rings. The van der Waals surface area contributed by atoms with E-state index in [0.29, 0.717) is 28.9 Å². The van der Waals surface area contributed by atoms with Crippen LogP contribution < -0.4 is 15.4 Å². The molecule has 12 heteroatoms. The maximum Gasteiger partial charge on any atom is 0.416 e. The van der Waals surface area contributed by atoms with Crippen LogP contribution in [0, 0.1) is 0 Å². The number of halogens is 3. The zero-order valence-electron chi connectivity index (χ0n) is 26.4. The summed E-state index contributed by atoms with van der Waals surface area (Å²) in [6.07, 6.45) is -4.53. The fourth-order valence-corrected chi connectivity index (χ4v) is 4.95. The molecule has 248 valence electrons. The van der Waals surface area contributed by atoms with E-state index in [-0.39, 0.29) is 41.4 Å². The number of benzene rings is 4. The Morgan fingerprint density at radius 1 is 0.896 bits per heavy atom. The third-order valence-electron chi connectivity index (χ3n) is 7.23. The van der Waals surface area contributed by atoms with E-state index in [9.17, 15) is 32.3 Å². The van der Waals surface area contributed by atoms with Gasteiger partial charge in [-0.3, -0.25) is 24.2 Å². The van der Waals surface area contributed by atoms with E-state index in [1.807, 2.05) is 30.3 Å². The standard InChI is InChI=1S/C36H33F3N4O5/c1-23(45)20-43(21-24-9-16-32(28(17-24)22-44)42-34(40-2)25-7-5-4-6-8-25)35(47)26-10-13-29(14-11-26)41-33(46)18-27-12-15-30(48-3)19-31(27)36(37,38)39/h4-17,19,22H,18,20-21H2,1-3H3,(H,40,42)(H,41,46). The Hall–Kier alpha value is -5.78. The molecule has 0 saturated heterocycles. The number of rotatable bonds is 12. The van der Waals surface area contributed by atoms with E-state index in [4.69, 9.17) is 4.74 Å². The van der Waals surface area contributed by atoms with Crippen molar-refractivity contribution in [2.75, 3.05) is 31.3 Å². The van der Waals surface area contributed by atoms with Gasteiger partial charge < -0.3 is 20.3 Å². The number of hydrogen-bond acceptors (Lipinski definition) is 6. The van der Waals surface area contributed by atoms with Gasteiger partial charge in [-0.1, -0.05) is 42.5 Å². The number of nitrogens with one attached hydrogen (secondary N) is 2. The minimum Gasteiger partial charge on any atom is -0.497 e. The summed E-state index contributed by atoms with van der Waals surface area (Å²) in [4.78, 5) is 55.8. The van der Waals surface area contributed by atoms with Crippen LogP contribution in [0.5, 0.6) is 5.75 Å². The van der Waals surface area contributed by atoms with Gasteiger partial charge in [0, 0.05) is 36.0 Å². The molecule has 2 N–H and O–H groups in total. The van der Waals surface area contributed by atoms with Crippen molar-refractivity contribution in [1.82, 2.24) is 4.90 Å². The van der Waals surface area contributed by atoms with Gasteiger partial charge in [0.05, 0.1) is 31.3 Å². The fraction of sp³-hybridized carbons (Fsp3) is 0.194. The van der Waals surface area contributed by atoms with Crippen LogP contribution >= 0.6 is 0 Å². The Morgan fingerprint density at radius 3 is 2.21 bits per heavy atom. The number of carbonyl (C=O) groups is 4. The van der Waals surface area contributed by atoms with Crippen LogP contribution in [0.1, 0.15) is 49.9 Å². The number of aldehydes is 1. The minimum absolute atomic E-state index is 0.0168. The van der Waals surface area contributed by atoms with Crippen LogP contribution in [0.25, 0.3) is 0 Å². The second-order valence-electron chi connectivity index (χ2n) is 10.8. The molecule has 0 heterocycles. The smallest absolute Gasteiger partial charge is 0.416 e. The molecule has 0 fully saturated rings. The highest BCUT2D eigenvalue weighted by Crippen LogP contribution is 2.35. The van der Waals surface area contributed by atoms with Gasteiger partial charge >= 0.3 is 6.18 Å². The summed E-state index contributed by atoms with van der Waals surface area (Å²) in [6, 6.07) is 23.6. The molecule has 0 atom stereocenters. The summed E-state index contributed by atoms with van der Waals surface area (Å²) in [6.45, 7) is 1.18. The van der Waals surface area contributed by atoms with Crippen LogP contribution in [0.15, 0.2) is 96.0 Å². The number of aliphatic imine (C=N–C) groups is 1. The summed E-state index contributed by atoms with van der Waals surface area (Å²) < 4.78 is 45.5. The Bertz CT molecular complexity index is 1820. The number of anilines is 2. The van der Waals surface area contributed by atoms with Crippen molar-refractivity contribution in [3.8, 4) is 5.75 Å². The average molecular weight is 659 g/mol. The molecule has 4 rings (SSSR count). The third kappa shape index (κ3) is 9.15. The van der Waals surface area contributed by atoms with Crippen LogP contribution in [0.2, 0.25) is 0 Å². The van der Waals surface area contributed by atoms with Gasteiger partial charge in [0.1, 0.15) is 17.4 Å². The first-order chi connectivity index (χ1) is 22.9. The van der Waals surface area contributed by atoms with Crippen molar-refractivity contribution < 1.29 is 37.1 Å². The highest BCUT2D eigenvalue weighted by atomic mass is 19.4. The lowest BCUT2D eigenvalue weighted by molar-refractivity contribution is -0.138. The Labute approximate surface area is 275 Å². The Kier molecular flexibility index (Phi) is 11.5. The normalized spacial score (nSPS) is 11.4. The molecular weight excluding hydrogens is 625 g/mol. The second kappa shape index (κ2) is 15.7. The molecule has 9 nitrogen and oxygen atoms in total. The number of amidine groups is 1. The molecule has 0 spiro atoms. The SMILES string of the molecule is CN=C(Nc1ccc(CN(CC(C)=O)C(=O)c2ccc(NC(=O)Cc3ccc(OC)cc3C(F)(F)F)cc2)cc1C=O)c1ccccc1. The molecule has 0 aliphatic carbocycles. The molecule has 0 aliphatic heterocycles. The average Bonchev–Trinajstić information content (AvgIpc) is 3.07. The summed E-state index contributed by atoms with van der Waals surface area (Å²) in [5, 5.41) is 5.72. The van der Waals surface area contributed by atoms with E-state index in [1.165, 1.54) is 55.3 Å². The Morgan fingerprint density at radius 2 is 1.60 bits per heavy atom. The highest BCUT2D eigenvalue weighted by molar-refractivity contribution is 6.09. The van der Waals surface area contributed by atoms with Crippen LogP contribution in [0.4, 0.5) is 24.5 Å². The fourth-order valence-electron chi connectivity index (χ4n) is 4.95. The van der Waals surface area contributed by atoms with Gasteiger partial charge in [-0.25, -0.2) is 0 Å². The number of amides is 2. The van der Waals surface area contributed by atoms with Gasteiger partial charge in [-0.2, -0.15) is 13.2 Å². The van der Waals surface area contributed by atoms with Crippen LogP contribution in [0.3, 0.4) is 0 Å². The maximum absolute atomic E-state index is 13.6. The summed E-state index contributed by atoms with van der Waals surface area (Å²) in [7, 11) is 2.88. The van der Waals surface area contributed by atoms with E-state index < -0.39 is 30.0 Å². The van der Waals surface area contributed by atoms with Crippen LogP contribution in [-0.2, 0) is 28.7 Å². The summed E-state index contributed by atoms with van der Waals surface area (Å²) in [5.74, 6) is -0.845. The quantitative estimate of drug-likeness (QED) is 0.103. The molecule has 0 saturated carbocycles. The predicted molar refractivity (Wildman–Crippen MR) is 177 cm³/mol. The zero-order valence-corrected chi connectivity index (χ0v) is 26.4. The molecule has 0 aliphatic rings. The van der Waals surface area contributed by atoms with Crippen molar-refractivity contribution in [2.24, 2.45) is 4.99 Å². The monoisotopic (exact) mass is 658 g/mol. The van der Waals surface area contributed by atoms with Crippen molar-refractivity contribution in [3.63, 3.8) is 0 Å². The van der Waals surface area contributed by atoms with Crippen molar-refractivity contribution in [1.29, 1.82) is 0 Å². The van der Waals surface area contributed by atoms with E-state index >= 15 is 0 Å². The molecule has 0 aromatic heterocycles. The number of carbonyl (C=O) groups excluding carboxylic acids is 4. The molecule has 4 aromatic carbocycles. The van der Waals surface area contributed by atoms with Crippen molar-refractivity contribution in [3.05, 3.63) is 124 Å². The third-order valence-corrected chi connectivity index (χ3v) is 7.23. The van der Waals surface area contributed by atoms with Gasteiger partial charge in [0.15, 0.2) is 6.29 Å². The maximum atomic E-state index is 13.6. The lowest BCUT2D eigenvalue weighted by Gasteiger charge is -2.22. The number of alkyl halides is 3. The molecule has 48 heavy (non-hydrogen) atoms. The predicted octanol–water partition coefficient (Wildman–Crippen LogP) is 6.43. The van der Waals surface area contributed by atoms with E-state index in [1.54, 1.807) is 25.2 Å². The Balaban J connectivity index is 1.46. The van der Waals surface area contributed by atoms with Crippen molar-refractivity contribution in [2.45, 2.75) is 26.1 Å². The second-order valence-corrected chi connectivity index (χ2v) is 10.8. The molecule has 2 amide bonds. The molecule has 0 unspecified atom stereocenters. The number of methoxy groups -OCH3 is 1. The summed E-state index contributed by atoms with van der Waals surface area (Å²) in [5.41, 5.74) is 1.57. The topological polar surface area (TPSA) is 117 Å². The number of hydrogen-bond donors (Lipinski definition) is 2. The summed E-state index contributed by atoms with van der Waals surface area (Å²) >= 11 is 0. The van der Waals surface area contributed by atoms with E-state index in [0.717, 1.165) is 11.6 Å². The number of nitrogens with zero attached hydrogens (tertiary/aromatic N) is 2. The number of Topliss-reactive ketones (excluding diaryl/α,β-unsaturated/α-hetero) is 1. The lowest BCUT2D eigenvalue weighted by Crippen LogP contribution is -2.34. The van der Waals surface area contributed by atoms with Crippen LogP contribution in [-0.4, -0.2) is 55.3 Å². The first-order valence-electron chi connectivity index (χ1n) is 14.7. The van der Waals surface area contributed by atoms with Gasteiger partial charge in [0.25, 0.3) is 5.91 Å². The molecular formula is C36H33F3N4O5. The van der Waals surface area contributed by atoms with Gasteiger partial charge in [0.2, 0.25) is 5.91 Å². The minimum atomic E-state index is -4.68. The first-order valence-corrected chi connectivity index (χ1v) is 14.7. The largest absolute Gasteiger partial charge is 0.497 e. The number of ether oxygens (including phenoxy) is 1. The zero-order chi connectivity index (χ0) is 34.8. The van der Waals surface area contributed by atoms with Gasteiger partial charge in [-0.05, 0) is 66.6 Å². The lowest BCUT2D eigenvalue weighted by atomic mass is 10.0. The van der Waals surface area contributed by atoms with Gasteiger partial charge in [-0.15, -0.1) is 0 Å². The van der Waals surface area contributed by atoms with Crippen molar-refractivity contribution >= 4 is 41.1 Å². The first kappa shape index (κ1) is 35.1. The highest BCUT2D eigenvalue weighted by Gasteiger charge is 2.34. The van der Waals surface area contributed by atoms with E-state index in [2.05, 4.69) is 15.6 Å². The molecule has 0 bridgehead atoms.